The maximum Gasteiger partial charge on any atom is 0.340 e. The van der Waals surface area contributed by atoms with Crippen molar-refractivity contribution in [1.82, 2.24) is 19.5 Å². The van der Waals surface area contributed by atoms with E-state index in [0.29, 0.717) is 11.3 Å². The molecule has 0 amide bonds. The summed E-state index contributed by atoms with van der Waals surface area (Å²) >= 11 is 6.18. The number of benzene rings is 1. The van der Waals surface area contributed by atoms with E-state index in [1.807, 2.05) is 24.3 Å². The van der Waals surface area contributed by atoms with Crippen LogP contribution in [-0.4, -0.2) is 75.2 Å². The van der Waals surface area contributed by atoms with Crippen molar-refractivity contribution in [2.75, 3.05) is 17.8 Å². The van der Waals surface area contributed by atoms with Gasteiger partial charge in [0.2, 0.25) is 5.28 Å². The molecule has 0 spiro atoms. The summed E-state index contributed by atoms with van der Waals surface area (Å²) in [6.45, 7) is 1.46. The van der Waals surface area contributed by atoms with Crippen LogP contribution in [0, 0.1) is 0 Å². The second-order valence-corrected chi connectivity index (χ2v) is 13.9. The highest BCUT2D eigenvalue weighted by Crippen LogP contribution is 2.55. The minimum Gasteiger partial charge on any atom is -0.387 e. The lowest BCUT2D eigenvalue weighted by Crippen LogP contribution is -2.33. The SMILES string of the molecule is CCCCCCc1ccc(Nc2nc(Cl)nc3c2ncn3[C@@H]2O[C@H](COP(=O)(O)CP(=O)(O)O)[C@H](O)[C@@H]2O)cc1. The number of unbranched alkanes of at least 4 members (excludes halogenated alkanes) is 3. The third-order valence-corrected chi connectivity index (χ3v) is 9.97. The van der Waals surface area contributed by atoms with E-state index in [0.717, 1.165) is 18.5 Å². The molecule has 1 aromatic carbocycles. The molecule has 220 valence electrons. The van der Waals surface area contributed by atoms with Crippen LogP contribution in [0.15, 0.2) is 30.6 Å². The van der Waals surface area contributed by atoms with E-state index >= 15 is 0 Å². The molecule has 1 fully saturated rings. The number of hydrogen-bond acceptors (Lipinski definition) is 10. The molecule has 1 unspecified atom stereocenters. The van der Waals surface area contributed by atoms with Gasteiger partial charge in [-0.05, 0) is 42.1 Å². The number of aliphatic hydroxyl groups is 2. The van der Waals surface area contributed by atoms with Crippen molar-refractivity contribution in [1.29, 1.82) is 0 Å². The Morgan fingerprint density at radius 3 is 2.48 bits per heavy atom. The first-order valence-corrected chi connectivity index (χ1v) is 16.6. The quantitative estimate of drug-likeness (QED) is 0.0922. The zero-order valence-electron chi connectivity index (χ0n) is 21.6. The molecule has 0 aliphatic carbocycles. The molecule has 5 atom stereocenters. The third kappa shape index (κ3) is 7.86. The highest BCUT2D eigenvalue weighted by Gasteiger charge is 2.45. The summed E-state index contributed by atoms with van der Waals surface area (Å²) in [6, 6.07) is 7.91. The van der Waals surface area contributed by atoms with E-state index in [2.05, 4.69) is 27.2 Å². The number of hydrogen-bond donors (Lipinski definition) is 6. The normalized spacial score (nSPS) is 23.0. The number of aryl methyl sites for hydroxylation is 1. The maximum absolute atomic E-state index is 12.0. The average Bonchev–Trinajstić information content (AvgIpc) is 3.41. The molecule has 4 rings (SSSR count). The fourth-order valence-corrected chi connectivity index (χ4v) is 7.10. The van der Waals surface area contributed by atoms with Crippen LogP contribution in [0.1, 0.15) is 44.4 Å². The molecule has 1 aliphatic rings. The van der Waals surface area contributed by atoms with Crippen LogP contribution in [0.2, 0.25) is 5.28 Å². The zero-order valence-corrected chi connectivity index (χ0v) is 24.1. The van der Waals surface area contributed by atoms with Crippen molar-refractivity contribution < 1.29 is 43.3 Å². The number of rotatable bonds is 13. The molecule has 0 bridgehead atoms. The summed E-state index contributed by atoms with van der Waals surface area (Å²) in [6.07, 6.45) is 1.41. The van der Waals surface area contributed by atoms with Gasteiger partial charge >= 0.3 is 15.2 Å². The molecule has 6 N–H and O–H groups in total. The smallest absolute Gasteiger partial charge is 0.340 e. The van der Waals surface area contributed by atoms with E-state index in [1.165, 1.54) is 35.7 Å². The Morgan fingerprint density at radius 2 is 1.80 bits per heavy atom. The standard InChI is InChI=1S/C23H32ClN5O9P2/c1-2-3-4-5-6-14-7-9-15(10-8-14)26-20-17-21(28-23(24)27-20)29(12-25-17)22-19(31)18(30)16(38-22)11-37-40(35,36)13-39(32,33)34/h7-10,12,16,18-19,22,30-31H,2-6,11,13H2,1H3,(H,35,36)(H,26,27,28)(H2,32,33,34)/t16-,18+,19+,22-/m1/s1. The van der Waals surface area contributed by atoms with E-state index in [4.69, 9.17) is 30.6 Å². The second kappa shape index (κ2) is 12.9. The zero-order chi connectivity index (χ0) is 29.1. The number of imidazole rings is 1. The lowest BCUT2D eigenvalue weighted by Gasteiger charge is -2.18. The molecule has 0 radical (unpaired) electrons. The molecule has 14 nitrogen and oxygen atoms in total. The van der Waals surface area contributed by atoms with Crippen molar-refractivity contribution in [3.63, 3.8) is 0 Å². The Kier molecular flexibility index (Phi) is 10.0. The summed E-state index contributed by atoms with van der Waals surface area (Å²) < 4.78 is 34.8. The van der Waals surface area contributed by atoms with E-state index in [9.17, 15) is 24.2 Å². The number of aromatic nitrogens is 4. The minimum atomic E-state index is -4.84. The van der Waals surface area contributed by atoms with Gasteiger partial charge in [0.25, 0.3) is 0 Å². The highest BCUT2D eigenvalue weighted by molar-refractivity contribution is 7.70. The fraction of sp³-hybridized carbons (Fsp3) is 0.522. The Balaban J connectivity index is 1.48. The van der Waals surface area contributed by atoms with E-state index < -0.39 is 52.2 Å². The summed E-state index contributed by atoms with van der Waals surface area (Å²) in [5, 5.41) is 24.1. The molecule has 0 saturated carbocycles. The summed E-state index contributed by atoms with van der Waals surface area (Å²) in [7, 11) is -9.53. The summed E-state index contributed by atoms with van der Waals surface area (Å²) in [5.41, 5.74) is 2.46. The second-order valence-electron chi connectivity index (χ2n) is 9.58. The van der Waals surface area contributed by atoms with Gasteiger partial charge in [0.05, 0.1) is 12.9 Å². The van der Waals surface area contributed by atoms with Gasteiger partial charge in [0.1, 0.15) is 18.3 Å². The van der Waals surface area contributed by atoms with Crippen LogP contribution in [0.4, 0.5) is 11.5 Å². The highest BCUT2D eigenvalue weighted by atomic mass is 35.5. The number of aliphatic hydroxyl groups excluding tert-OH is 2. The Morgan fingerprint density at radius 1 is 1.07 bits per heavy atom. The van der Waals surface area contributed by atoms with Gasteiger partial charge in [0.15, 0.2) is 29.1 Å². The number of fused-ring (bicyclic) bond motifs is 1. The third-order valence-electron chi connectivity index (χ3n) is 6.34. The molecule has 1 saturated heterocycles. The summed E-state index contributed by atoms with van der Waals surface area (Å²) in [4.78, 5) is 40.3. The first kappa shape index (κ1) is 31.0. The predicted molar refractivity (Wildman–Crippen MR) is 147 cm³/mol. The topological polar surface area (TPSA) is 209 Å². The van der Waals surface area contributed by atoms with Gasteiger partial charge in [-0.1, -0.05) is 38.3 Å². The van der Waals surface area contributed by atoms with Crippen LogP contribution < -0.4 is 5.32 Å². The van der Waals surface area contributed by atoms with Crippen molar-refractivity contribution in [2.45, 2.75) is 63.6 Å². The van der Waals surface area contributed by atoms with Gasteiger partial charge in [0, 0.05) is 5.69 Å². The van der Waals surface area contributed by atoms with Crippen LogP contribution in [0.3, 0.4) is 0 Å². The van der Waals surface area contributed by atoms with Crippen LogP contribution in [0.5, 0.6) is 0 Å². The van der Waals surface area contributed by atoms with Gasteiger partial charge in [-0.15, -0.1) is 0 Å². The Labute approximate surface area is 235 Å². The van der Waals surface area contributed by atoms with Gasteiger partial charge < -0.3 is 39.5 Å². The fourth-order valence-electron chi connectivity index (χ4n) is 4.37. The number of halogens is 1. The number of nitrogens with one attached hydrogen (secondary N) is 1. The monoisotopic (exact) mass is 619 g/mol. The van der Waals surface area contributed by atoms with Gasteiger partial charge in [-0.3, -0.25) is 13.7 Å². The van der Waals surface area contributed by atoms with Crippen LogP contribution in [-0.2, 0) is 24.8 Å². The Bertz CT molecular complexity index is 1400. The Hall–Kier alpha value is -1.96. The first-order chi connectivity index (χ1) is 18.9. The molecule has 17 heteroatoms. The molecule has 3 heterocycles. The molecule has 2 aromatic heterocycles. The lowest BCUT2D eigenvalue weighted by molar-refractivity contribution is -0.0483. The molecular weight excluding hydrogens is 588 g/mol. The van der Waals surface area contributed by atoms with Crippen molar-refractivity contribution in [3.05, 3.63) is 41.4 Å². The number of ether oxygens (including phenoxy) is 1. The van der Waals surface area contributed by atoms with Crippen molar-refractivity contribution in [2.24, 2.45) is 0 Å². The van der Waals surface area contributed by atoms with Crippen LogP contribution >= 0.6 is 26.8 Å². The first-order valence-electron chi connectivity index (χ1n) is 12.7. The molecule has 3 aromatic rings. The average molecular weight is 620 g/mol. The maximum atomic E-state index is 12.0. The molecule has 1 aliphatic heterocycles. The molecule has 40 heavy (non-hydrogen) atoms. The minimum absolute atomic E-state index is 0.115. The van der Waals surface area contributed by atoms with Crippen molar-refractivity contribution >= 4 is 49.5 Å². The van der Waals surface area contributed by atoms with Crippen LogP contribution in [0.25, 0.3) is 11.2 Å². The van der Waals surface area contributed by atoms with Gasteiger partial charge in [-0.2, -0.15) is 9.97 Å². The van der Waals surface area contributed by atoms with E-state index in [1.54, 1.807) is 0 Å². The largest absolute Gasteiger partial charge is 0.387 e. The lowest BCUT2D eigenvalue weighted by atomic mass is 10.1. The van der Waals surface area contributed by atoms with Gasteiger partial charge in [-0.25, -0.2) is 4.98 Å². The van der Waals surface area contributed by atoms with Crippen molar-refractivity contribution in [3.8, 4) is 0 Å². The summed E-state index contributed by atoms with van der Waals surface area (Å²) in [5.74, 6) is -1.09. The number of nitrogens with zero attached hydrogens (tertiary/aromatic N) is 4. The molecular formula is C23H32ClN5O9P2. The predicted octanol–water partition coefficient (Wildman–Crippen LogP) is 3.30. The van der Waals surface area contributed by atoms with E-state index in [-0.39, 0.29) is 10.9 Å². The number of anilines is 2.